The second-order valence-electron chi connectivity index (χ2n) is 7.25. The highest BCUT2D eigenvalue weighted by Gasteiger charge is 2.45. The van der Waals surface area contributed by atoms with Crippen LogP contribution in [0.25, 0.3) is 0 Å². The van der Waals surface area contributed by atoms with Gasteiger partial charge < -0.3 is 20.5 Å². The van der Waals surface area contributed by atoms with E-state index in [0.717, 1.165) is 12.1 Å². The Labute approximate surface area is 176 Å². The minimum Gasteiger partial charge on any atom is -0.488 e. The fourth-order valence-corrected chi connectivity index (χ4v) is 3.18. The Kier molecular flexibility index (Phi) is 7.63. The number of hydrogen-bond donors (Lipinski definition) is 3. The maximum atomic E-state index is 13.5. The number of ether oxygens (including phenoxy) is 1. The van der Waals surface area contributed by atoms with Crippen LogP contribution >= 0.6 is 0 Å². The van der Waals surface area contributed by atoms with Gasteiger partial charge in [-0.3, -0.25) is 14.4 Å². The first-order valence-electron chi connectivity index (χ1n) is 9.77. The molecule has 31 heavy (non-hydrogen) atoms. The van der Waals surface area contributed by atoms with Gasteiger partial charge in [0.2, 0.25) is 5.60 Å². The molecule has 7 nitrogen and oxygen atoms in total. The Morgan fingerprint density at radius 2 is 1.90 bits per heavy atom. The average Bonchev–Trinajstić information content (AvgIpc) is 2.82. The number of Topliss-reactive ketones (excluding diaryl/α,β-unsaturated/α-hetero) is 1. The largest absolute Gasteiger partial charge is 0.488 e. The SMILES string of the molecule is CC[C@H]1Oc2ccc(F)cc2CC(=O)[C@H]1NC(=O)C(O)(CC)C(=O)NCCC(F)(F)F. The van der Waals surface area contributed by atoms with E-state index in [2.05, 4.69) is 5.32 Å². The number of aliphatic hydroxyl groups is 1. The summed E-state index contributed by atoms with van der Waals surface area (Å²) < 4.78 is 56.1. The van der Waals surface area contributed by atoms with Crippen molar-refractivity contribution in [3.63, 3.8) is 0 Å². The van der Waals surface area contributed by atoms with E-state index >= 15 is 0 Å². The number of rotatable bonds is 7. The molecule has 0 fully saturated rings. The molecule has 3 atom stereocenters. The topological polar surface area (TPSA) is 105 Å². The number of benzene rings is 1. The number of amides is 2. The van der Waals surface area contributed by atoms with E-state index < -0.39 is 66.7 Å². The van der Waals surface area contributed by atoms with E-state index in [0.29, 0.717) is 0 Å². The van der Waals surface area contributed by atoms with Gasteiger partial charge in [0.25, 0.3) is 11.8 Å². The summed E-state index contributed by atoms with van der Waals surface area (Å²) in [5.41, 5.74) is -2.40. The second kappa shape index (κ2) is 9.63. The van der Waals surface area contributed by atoms with Crippen LogP contribution in [0.3, 0.4) is 0 Å². The van der Waals surface area contributed by atoms with Crippen molar-refractivity contribution in [1.82, 2.24) is 10.6 Å². The van der Waals surface area contributed by atoms with Crippen molar-refractivity contribution in [3.05, 3.63) is 29.6 Å². The summed E-state index contributed by atoms with van der Waals surface area (Å²) in [7, 11) is 0. The summed E-state index contributed by atoms with van der Waals surface area (Å²) in [4.78, 5) is 37.7. The smallest absolute Gasteiger partial charge is 0.390 e. The van der Waals surface area contributed by atoms with Crippen LogP contribution in [-0.4, -0.2) is 53.2 Å². The third kappa shape index (κ3) is 5.93. The van der Waals surface area contributed by atoms with Gasteiger partial charge in [0.05, 0.1) is 6.42 Å². The summed E-state index contributed by atoms with van der Waals surface area (Å²) in [6.45, 7) is 2.16. The van der Waals surface area contributed by atoms with E-state index in [-0.39, 0.29) is 24.2 Å². The fraction of sp³-hybridized carbons (Fsp3) is 0.550. The number of nitrogens with one attached hydrogen (secondary N) is 2. The van der Waals surface area contributed by atoms with Crippen molar-refractivity contribution in [2.75, 3.05) is 6.54 Å². The second-order valence-corrected chi connectivity index (χ2v) is 7.25. The van der Waals surface area contributed by atoms with Gasteiger partial charge in [-0.25, -0.2) is 4.39 Å². The zero-order valence-electron chi connectivity index (χ0n) is 17.0. The number of hydrogen-bond acceptors (Lipinski definition) is 5. The average molecular weight is 448 g/mol. The van der Waals surface area contributed by atoms with E-state index in [1.165, 1.54) is 13.0 Å². The van der Waals surface area contributed by atoms with Gasteiger partial charge in [0, 0.05) is 18.5 Å². The molecule has 1 aliphatic rings. The van der Waals surface area contributed by atoms with Crippen LogP contribution in [0.5, 0.6) is 5.75 Å². The molecule has 1 aliphatic heterocycles. The van der Waals surface area contributed by atoms with Crippen LogP contribution < -0.4 is 15.4 Å². The highest BCUT2D eigenvalue weighted by atomic mass is 19.4. The van der Waals surface area contributed by atoms with Gasteiger partial charge in [0.15, 0.2) is 5.78 Å². The summed E-state index contributed by atoms with van der Waals surface area (Å²) in [6, 6.07) is 2.41. The highest BCUT2D eigenvalue weighted by Crippen LogP contribution is 2.28. The first-order valence-corrected chi connectivity index (χ1v) is 9.77. The Hall–Kier alpha value is -2.69. The van der Waals surface area contributed by atoms with Gasteiger partial charge in [-0.1, -0.05) is 13.8 Å². The number of carbonyl (C=O) groups is 3. The van der Waals surface area contributed by atoms with Crippen LogP contribution in [0, 0.1) is 5.82 Å². The van der Waals surface area contributed by atoms with Crippen molar-refractivity contribution in [2.24, 2.45) is 0 Å². The molecule has 172 valence electrons. The standard InChI is InChI=1S/C20H24F4N2O5/c1-3-14-16(13(27)10-11-9-12(21)5-6-15(11)31-14)26-18(29)19(30,4-2)17(28)25-8-7-20(22,23)24/h5-6,9,14,16,30H,3-4,7-8,10H2,1-2H3,(H,25,28)(H,26,29)/t14-,16-,19?/m1/s1. The van der Waals surface area contributed by atoms with E-state index in [9.17, 15) is 37.1 Å². The highest BCUT2D eigenvalue weighted by molar-refractivity contribution is 6.09. The van der Waals surface area contributed by atoms with Gasteiger partial charge in [-0.15, -0.1) is 0 Å². The molecule has 1 aromatic carbocycles. The molecule has 0 saturated heterocycles. The van der Waals surface area contributed by atoms with Crippen LogP contribution in [0.4, 0.5) is 17.6 Å². The lowest BCUT2D eigenvalue weighted by Gasteiger charge is -2.29. The fourth-order valence-electron chi connectivity index (χ4n) is 3.18. The number of ketones is 1. The molecule has 1 unspecified atom stereocenters. The minimum absolute atomic E-state index is 0.253. The predicted octanol–water partition coefficient (Wildman–Crippen LogP) is 1.80. The van der Waals surface area contributed by atoms with Gasteiger partial charge in [-0.2, -0.15) is 13.2 Å². The molecular formula is C20H24F4N2O5. The molecule has 11 heteroatoms. The van der Waals surface area contributed by atoms with Gasteiger partial charge in [-0.05, 0) is 31.0 Å². The quantitative estimate of drug-likeness (QED) is 0.436. The van der Waals surface area contributed by atoms with E-state index in [4.69, 9.17) is 4.74 Å². The lowest BCUT2D eigenvalue weighted by molar-refractivity contribution is -0.156. The molecular weight excluding hydrogens is 424 g/mol. The van der Waals surface area contributed by atoms with Crippen LogP contribution in [0.2, 0.25) is 0 Å². The van der Waals surface area contributed by atoms with Crippen molar-refractivity contribution >= 4 is 17.6 Å². The number of fused-ring (bicyclic) bond motifs is 1. The molecule has 3 N–H and O–H groups in total. The number of alkyl halides is 3. The van der Waals surface area contributed by atoms with Crippen molar-refractivity contribution in [1.29, 1.82) is 0 Å². The molecule has 2 rings (SSSR count). The molecule has 2 amide bonds. The van der Waals surface area contributed by atoms with Crippen molar-refractivity contribution in [3.8, 4) is 5.75 Å². The van der Waals surface area contributed by atoms with E-state index in [1.807, 2.05) is 5.32 Å². The lowest BCUT2D eigenvalue weighted by Crippen LogP contribution is -2.62. The molecule has 0 aliphatic carbocycles. The van der Waals surface area contributed by atoms with Crippen molar-refractivity contribution < 1.29 is 41.8 Å². The minimum atomic E-state index is -4.52. The Morgan fingerprint density at radius 1 is 1.23 bits per heavy atom. The van der Waals surface area contributed by atoms with E-state index in [1.54, 1.807) is 6.92 Å². The maximum absolute atomic E-state index is 13.5. The summed E-state index contributed by atoms with van der Waals surface area (Å²) >= 11 is 0. The van der Waals surface area contributed by atoms with Crippen LogP contribution in [0.1, 0.15) is 38.7 Å². The maximum Gasteiger partial charge on any atom is 0.390 e. The zero-order chi connectivity index (χ0) is 23.4. The summed E-state index contributed by atoms with van der Waals surface area (Å²) in [5, 5.41) is 14.7. The first-order chi connectivity index (χ1) is 14.4. The molecule has 0 spiro atoms. The Bertz CT molecular complexity index is 845. The Balaban J connectivity index is 2.17. The zero-order valence-corrected chi connectivity index (χ0v) is 17.0. The van der Waals surface area contributed by atoms with Crippen LogP contribution in [0.15, 0.2) is 18.2 Å². The molecule has 0 radical (unpaired) electrons. The van der Waals surface area contributed by atoms with Gasteiger partial charge >= 0.3 is 6.18 Å². The normalized spacial score (nSPS) is 20.7. The lowest BCUT2D eigenvalue weighted by atomic mass is 9.95. The Morgan fingerprint density at radius 3 is 2.48 bits per heavy atom. The first kappa shape index (κ1) is 24.6. The molecule has 1 aromatic rings. The van der Waals surface area contributed by atoms with Crippen LogP contribution in [-0.2, 0) is 20.8 Å². The summed E-state index contributed by atoms with van der Waals surface area (Å²) in [5.74, 6) is -3.37. The number of carbonyl (C=O) groups excluding carboxylic acids is 3. The third-order valence-corrected chi connectivity index (χ3v) is 5.03. The molecule has 1 heterocycles. The van der Waals surface area contributed by atoms with Crippen molar-refractivity contribution in [2.45, 2.75) is 63.5 Å². The molecule has 0 aromatic heterocycles. The molecule has 0 bridgehead atoms. The predicted molar refractivity (Wildman–Crippen MR) is 101 cm³/mol. The van der Waals surface area contributed by atoms with Gasteiger partial charge in [0.1, 0.15) is 23.7 Å². The number of halogens is 4. The third-order valence-electron chi connectivity index (χ3n) is 5.03. The molecule has 0 saturated carbocycles. The summed E-state index contributed by atoms with van der Waals surface area (Å²) in [6.07, 6.45) is -7.15. The monoisotopic (exact) mass is 448 g/mol.